The molecule has 3 heteroatoms. The predicted molar refractivity (Wildman–Crippen MR) is 109 cm³/mol. The van der Waals surface area contributed by atoms with Gasteiger partial charge in [-0.2, -0.15) is 0 Å². The van der Waals surface area contributed by atoms with Crippen molar-refractivity contribution in [2.75, 3.05) is 20.1 Å². The summed E-state index contributed by atoms with van der Waals surface area (Å²) in [6.07, 6.45) is 9.78. The average molecular weight is 373 g/mol. The van der Waals surface area contributed by atoms with Crippen LogP contribution < -0.4 is 5.32 Å². The molecule has 5 atom stereocenters. The Labute approximate surface area is 163 Å². The summed E-state index contributed by atoms with van der Waals surface area (Å²) < 4.78 is 0. The first-order valence-electron chi connectivity index (χ1n) is 10.7. The maximum absolute atomic E-state index is 6.17. The molecule has 142 valence electrons. The topological polar surface area (TPSA) is 15.3 Å². The van der Waals surface area contributed by atoms with Crippen LogP contribution in [-0.4, -0.2) is 37.1 Å². The minimum atomic E-state index is 0.430. The van der Waals surface area contributed by atoms with Crippen molar-refractivity contribution in [3.8, 4) is 0 Å². The Bertz CT molecular complexity index is 665. The summed E-state index contributed by atoms with van der Waals surface area (Å²) in [5.74, 6) is 1.87. The zero-order chi connectivity index (χ0) is 17.9. The lowest BCUT2D eigenvalue weighted by atomic mass is 9.62. The minimum absolute atomic E-state index is 0.430. The lowest BCUT2D eigenvalue weighted by Gasteiger charge is -2.45. The number of likely N-dealkylation sites (tertiary alicyclic amines) is 1. The first kappa shape index (κ1) is 17.5. The molecule has 26 heavy (non-hydrogen) atoms. The molecule has 2 nitrogen and oxygen atoms in total. The van der Waals surface area contributed by atoms with E-state index in [0.717, 1.165) is 22.9 Å². The predicted octanol–water partition coefficient (Wildman–Crippen LogP) is 4.86. The van der Waals surface area contributed by atoms with E-state index in [4.69, 9.17) is 11.6 Å². The van der Waals surface area contributed by atoms with Gasteiger partial charge in [0.1, 0.15) is 0 Å². The Morgan fingerprint density at radius 2 is 1.85 bits per heavy atom. The molecule has 1 aliphatic heterocycles. The van der Waals surface area contributed by atoms with Crippen LogP contribution in [0.25, 0.3) is 0 Å². The molecule has 5 aliphatic rings. The van der Waals surface area contributed by atoms with Gasteiger partial charge in [-0.25, -0.2) is 0 Å². The van der Waals surface area contributed by atoms with Gasteiger partial charge in [0.15, 0.2) is 0 Å². The van der Waals surface area contributed by atoms with E-state index in [1.54, 1.807) is 5.56 Å². The molecule has 1 N–H and O–H groups in total. The van der Waals surface area contributed by atoms with E-state index in [2.05, 4.69) is 48.5 Å². The fraction of sp³-hybridized carbons (Fsp3) is 0.739. The molecule has 0 radical (unpaired) electrons. The summed E-state index contributed by atoms with van der Waals surface area (Å²) in [4.78, 5) is 2.47. The Hall–Kier alpha value is -0.570. The molecule has 4 aliphatic carbocycles. The van der Waals surface area contributed by atoms with Crippen molar-refractivity contribution in [3.63, 3.8) is 0 Å². The fourth-order valence-electron chi connectivity index (χ4n) is 7.48. The van der Waals surface area contributed by atoms with E-state index in [9.17, 15) is 0 Å². The number of halogens is 1. The Kier molecular flexibility index (Phi) is 4.19. The fourth-order valence-corrected chi connectivity index (χ4v) is 7.61. The summed E-state index contributed by atoms with van der Waals surface area (Å²) >= 11 is 6.17. The van der Waals surface area contributed by atoms with Crippen molar-refractivity contribution in [3.05, 3.63) is 34.9 Å². The van der Waals surface area contributed by atoms with Gasteiger partial charge in [-0.15, -0.1) is 0 Å². The molecule has 1 aromatic carbocycles. The normalized spacial score (nSPS) is 41.0. The molecule has 5 unspecified atom stereocenters. The van der Waals surface area contributed by atoms with Crippen LogP contribution in [0.3, 0.4) is 0 Å². The lowest BCUT2D eigenvalue weighted by Crippen LogP contribution is -2.52. The third kappa shape index (κ3) is 2.67. The lowest BCUT2D eigenvalue weighted by molar-refractivity contribution is 0.111. The number of rotatable bonds is 4. The van der Waals surface area contributed by atoms with Crippen molar-refractivity contribution in [2.45, 2.75) is 69.4 Å². The van der Waals surface area contributed by atoms with Crippen LogP contribution in [0.4, 0.5) is 0 Å². The summed E-state index contributed by atoms with van der Waals surface area (Å²) in [6.45, 7) is 5.01. The molecule has 4 saturated carbocycles. The first-order chi connectivity index (χ1) is 12.5. The molecule has 5 fully saturated rings. The van der Waals surface area contributed by atoms with Gasteiger partial charge in [-0.3, -0.25) is 0 Å². The van der Waals surface area contributed by atoms with Crippen molar-refractivity contribution in [1.29, 1.82) is 0 Å². The molecule has 1 saturated heterocycles. The van der Waals surface area contributed by atoms with Crippen molar-refractivity contribution in [1.82, 2.24) is 10.2 Å². The van der Waals surface area contributed by atoms with Crippen LogP contribution in [0.15, 0.2) is 24.3 Å². The quantitative estimate of drug-likeness (QED) is 0.811. The number of piperidine rings is 1. The monoisotopic (exact) mass is 372 g/mol. The van der Waals surface area contributed by atoms with E-state index in [-0.39, 0.29) is 0 Å². The van der Waals surface area contributed by atoms with E-state index < -0.39 is 0 Å². The van der Waals surface area contributed by atoms with Gasteiger partial charge >= 0.3 is 0 Å². The van der Waals surface area contributed by atoms with Crippen LogP contribution in [0, 0.1) is 17.3 Å². The third-order valence-electron chi connectivity index (χ3n) is 8.61. The van der Waals surface area contributed by atoms with E-state index in [1.807, 2.05) is 0 Å². The van der Waals surface area contributed by atoms with Crippen LogP contribution in [0.2, 0.25) is 5.02 Å². The van der Waals surface area contributed by atoms with Crippen LogP contribution in [0.5, 0.6) is 0 Å². The Balaban J connectivity index is 1.37. The van der Waals surface area contributed by atoms with Crippen molar-refractivity contribution < 1.29 is 0 Å². The van der Waals surface area contributed by atoms with Crippen molar-refractivity contribution >= 4 is 11.6 Å². The molecule has 0 spiro atoms. The van der Waals surface area contributed by atoms with Crippen LogP contribution in [-0.2, 0) is 5.41 Å². The summed E-state index contributed by atoms with van der Waals surface area (Å²) in [5, 5.41) is 4.98. The summed E-state index contributed by atoms with van der Waals surface area (Å²) in [6, 6.07) is 10.2. The second kappa shape index (κ2) is 6.22. The highest BCUT2D eigenvalue weighted by Gasteiger charge is 2.65. The van der Waals surface area contributed by atoms with Crippen molar-refractivity contribution in [2.24, 2.45) is 17.3 Å². The van der Waals surface area contributed by atoms with Crippen LogP contribution in [0.1, 0.15) is 57.4 Å². The van der Waals surface area contributed by atoms with Gasteiger partial charge in [0, 0.05) is 17.1 Å². The van der Waals surface area contributed by atoms with Gasteiger partial charge in [-0.05, 0) is 112 Å². The number of nitrogens with one attached hydrogen (secondary N) is 1. The Morgan fingerprint density at radius 3 is 2.58 bits per heavy atom. The number of hydrogen-bond donors (Lipinski definition) is 1. The minimum Gasteiger partial charge on any atom is -0.311 e. The zero-order valence-corrected chi connectivity index (χ0v) is 17.1. The highest BCUT2D eigenvalue weighted by atomic mass is 35.5. The van der Waals surface area contributed by atoms with Gasteiger partial charge in [-0.1, -0.05) is 23.7 Å². The molecule has 0 aromatic heterocycles. The second-order valence-electron chi connectivity index (χ2n) is 10.1. The largest absolute Gasteiger partial charge is 0.311 e. The summed E-state index contributed by atoms with van der Waals surface area (Å²) in [7, 11) is 2.26. The molecule has 4 bridgehead atoms. The number of nitrogens with zero attached hydrogens (tertiary/aromatic N) is 1. The maximum atomic E-state index is 6.17. The highest BCUT2D eigenvalue weighted by Crippen LogP contribution is 2.71. The van der Waals surface area contributed by atoms with E-state index in [0.29, 0.717) is 16.9 Å². The van der Waals surface area contributed by atoms with Gasteiger partial charge in [0.25, 0.3) is 0 Å². The molecule has 1 aromatic rings. The molecule has 0 amide bonds. The van der Waals surface area contributed by atoms with Gasteiger partial charge < -0.3 is 10.2 Å². The Morgan fingerprint density at radius 1 is 1.12 bits per heavy atom. The number of benzene rings is 1. The SMILES string of the molecule is CC(NC1CCN(C)CC1)C12CC3CC1CC(c1ccc(Cl)cc1)(C3)C2. The molecular weight excluding hydrogens is 340 g/mol. The standard InChI is InChI=1S/C23H33ClN2/c1-16(25-21-7-9-26(2)10-8-21)23-13-17-11-19(23)14-22(12-17,15-23)18-3-5-20(24)6-4-18/h3-6,16-17,19,21,25H,7-15H2,1-2H3. The van der Waals surface area contributed by atoms with E-state index >= 15 is 0 Å². The smallest absolute Gasteiger partial charge is 0.0406 e. The number of hydrogen-bond acceptors (Lipinski definition) is 2. The van der Waals surface area contributed by atoms with E-state index in [1.165, 1.54) is 58.0 Å². The molecule has 1 heterocycles. The third-order valence-corrected chi connectivity index (χ3v) is 8.86. The zero-order valence-electron chi connectivity index (χ0n) is 16.3. The first-order valence-corrected chi connectivity index (χ1v) is 11.1. The van der Waals surface area contributed by atoms with Crippen LogP contribution >= 0.6 is 11.6 Å². The highest BCUT2D eigenvalue weighted by molar-refractivity contribution is 6.30. The maximum Gasteiger partial charge on any atom is 0.0406 e. The second-order valence-corrected chi connectivity index (χ2v) is 10.5. The molecular formula is C23H33ClN2. The molecule has 6 rings (SSSR count). The van der Waals surface area contributed by atoms with Gasteiger partial charge in [0.2, 0.25) is 0 Å². The average Bonchev–Trinajstić information content (AvgIpc) is 3.01. The van der Waals surface area contributed by atoms with Gasteiger partial charge in [0.05, 0.1) is 0 Å². The summed E-state index contributed by atoms with van der Waals surface area (Å²) in [5.41, 5.74) is 2.52.